The van der Waals surface area contributed by atoms with Crippen LogP contribution in [0.5, 0.6) is 5.75 Å². The normalized spacial score (nSPS) is 14.4. The summed E-state index contributed by atoms with van der Waals surface area (Å²) in [6.07, 6.45) is 2.16. The van der Waals surface area contributed by atoms with Gasteiger partial charge in [-0.05, 0) is 31.2 Å². The lowest BCUT2D eigenvalue weighted by Gasteiger charge is -2.35. The number of piperazine rings is 1. The molecule has 2 aromatic rings. The Balaban J connectivity index is 1.51. The highest BCUT2D eigenvalue weighted by Gasteiger charge is 2.25. The molecule has 1 aliphatic rings. The fraction of sp³-hybridized carbons (Fsp3) is 0.421. The molecule has 0 N–H and O–H groups in total. The van der Waals surface area contributed by atoms with Crippen molar-refractivity contribution in [3.8, 4) is 5.75 Å². The molecular weight excluding hydrogens is 332 g/mol. The zero-order chi connectivity index (χ0) is 18.5. The first-order chi connectivity index (χ1) is 12.6. The Morgan fingerprint density at radius 2 is 1.85 bits per heavy atom. The predicted octanol–water partition coefficient (Wildman–Crippen LogP) is 1.57. The largest absolute Gasteiger partial charge is 0.497 e. The molecule has 3 rings (SSSR count). The molecule has 0 saturated carbocycles. The van der Waals surface area contributed by atoms with Crippen molar-refractivity contribution in [3.05, 3.63) is 47.8 Å². The minimum Gasteiger partial charge on any atom is -0.497 e. The molecule has 2 amide bonds. The van der Waals surface area contributed by atoms with Crippen LogP contribution in [0.15, 0.2) is 36.5 Å². The Morgan fingerprint density at radius 1 is 1.12 bits per heavy atom. The van der Waals surface area contributed by atoms with Crippen LogP contribution in [-0.4, -0.2) is 64.7 Å². The molecule has 0 atom stereocenters. The third-order valence-corrected chi connectivity index (χ3v) is 4.70. The summed E-state index contributed by atoms with van der Waals surface area (Å²) >= 11 is 0. The lowest BCUT2D eigenvalue weighted by atomic mass is 10.1. The number of aryl methyl sites for hydroxylation is 2. The van der Waals surface area contributed by atoms with Crippen LogP contribution in [0.25, 0.3) is 0 Å². The van der Waals surface area contributed by atoms with Gasteiger partial charge in [0, 0.05) is 56.6 Å². The molecule has 0 bridgehead atoms. The first kappa shape index (κ1) is 18.0. The van der Waals surface area contributed by atoms with Crippen LogP contribution in [0, 0.1) is 6.92 Å². The number of benzene rings is 1. The molecule has 1 fully saturated rings. The molecule has 1 aliphatic heterocycles. The predicted molar refractivity (Wildman–Crippen MR) is 97.1 cm³/mol. The summed E-state index contributed by atoms with van der Waals surface area (Å²) in [6.45, 7) is 4.77. The van der Waals surface area contributed by atoms with Crippen LogP contribution in [-0.2, 0) is 11.3 Å². The third kappa shape index (κ3) is 4.04. The van der Waals surface area contributed by atoms with Crippen LogP contribution in [0.1, 0.15) is 22.5 Å². The van der Waals surface area contributed by atoms with Gasteiger partial charge in [0.15, 0.2) is 0 Å². The first-order valence-corrected chi connectivity index (χ1v) is 8.78. The van der Waals surface area contributed by atoms with Crippen molar-refractivity contribution in [2.75, 3.05) is 33.3 Å². The van der Waals surface area contributed by atoms with E-state index in [-0.39, 0.29) is 11.8 Å². The van der Waals surface area contributed by atoms with Gasteiger partial charge in [0.1, 0.15) is 5.75 Å². The summed E-state index contributed by atoms with van der Waals surface area (Å²) in [7, 11) is 1.58. The van der Waals surface area contributed by atoms with Gasteiger partial charge < -0.3 is 14.5 Å². The molecule has 138 valence electrons. The van der Waals surface area contributed by atoms with Gasteiger partial charge in [-0.1, -0.05) is 6.07 Å². The van der Waals surface area contributed by atoms with Crippen LogP contribution >= 0.6 is 0 Å². The second-order valence-corrected chi connectivity index (χ2v) is 6.35. The van der Waals surface area contributed by atoms with Gasteiger partial charge >= 0.3 is 0 Å². The van der Waals surface area contributed by atoms with Crippen molar-refractivity contribution >= 4 is 11.8 Å². The maximum atomic E-state index is 12.6. The first-order valence-electron chi connectivity index (χ1n) is 8.78. The minimum absolute atomic E-state index is 0.0248. The standard InChI is InChI=1S/C19H24N4O3/c1-15-6-8-20-23(15)9-7-18(24)21-10-12-22(13-11-21)19(25)16-4-3-5-17(14-16)26-2/h3-6,8,14H,7,9-13H2,1-2H3. The topological polar surface area (TPSA) is 67.7 Å². The molecule has 0 spiro atoms. The Hall–Kier alpha value is -2.83. The zero-order valence-electron chi connectivity index (χ0n) is 15.2. The molecule has 0 radical (unpaired) electrons. The van der Waals surface area contributed by atoms with E-state index in [4.69, 9.17) is 4.74 Å². The summed E-state index contributed by atoms with van der Waals surface area (Å²) < 4.78 is 7.01. The van der Waals surface area contributed by atoms with Crippen LogP contribution in [0.3, 0.4) is 0 Å². The Kier molecular flexibility index (Phi) is 5.55. The van der Waals surface area contributed by atoms with Crippen molar-refractivity contribution in [3.63, 3.8) is 0 Å². The third-order valence-electron chi connectivity index (χ3n) is 4.70. The number of amides is 2. The van der Waals surface area contributed by atoms with Crippen molar-refractivity contribution in [1.29, 1.82) is 0 Å². The maximum Gasteiger partial charge on any atom is 0.254 e. The highest BCUT2D eigenvalue weighted by atomic mass is 16.5. The van der Waals surface area contributed by atoms with E-state index in [9.17, 15) is 9.59 Å². The minimum atomic E-state index is -0.0248. The quantitative estimate of drug-likeness (QED) is 0.816. The number of rotatable bonds is 5. The molecular formula is C19H24N4O3. The highest BCUT2D eigenvalue weighted by Crippen LogP contribution is 2.16. The highest BCUT2D eigenvalue weighted by molar-refractivity contribution is 5.94. The van der Waals surface area contributed by atoms with E-state index in [1.807, 2.05) is 34.7 Å². The molecule has 0 unspecified atom stereocenters. The van der Waals surface area contributed by atoms with Crippen LogP contribution in [0.4, 0.5) is 0 Å². The number of carbonyl (C=O) groups excluding carboxylic acids is 2. The molecule has 1 saturated heterocycles. The van der Waals surface area contributed by atoms with Gasteiger partial charge in [0.25, 0.3) is 5.91 Å². The molecule has 1 aromatic heterocycles. The van der Waals surface area contributed by atoms with Crippen molar-refractivity contribution in [2.45, 2.75) is 19.9 Å². The lowest BCUT2D eigenvalue weighted by molar-refractivity contribution is -0.132. The number of hydrogen-bond acceptors (Lipinski definition) is 4. The Bertz CT molecular complexity index is 779. The molecule has 7 nitrogen and oxygen atoms in total. The molecule has 7 heteroatoms. The zero-order valence-corrected chi connectivity index (χ0v) is 15.2. The summed E-state index contributed by atoms with van der Waals surface area (Å²) in [5.41, 5.74) is 1.66. The second-order valence-electron chi connectivity index (χ2n) is 6.35. The van der Waals surface area contributed by atoms with E-state index in [1.54, 1.807) is 30.3 Å². The SMILES string of the molecule is COc1cccc(C(=O)N2CCN(C(=O)CCn3nccc3C)CC2)c1. The van der Waals surface area contributed by atoms with Crippen LogP contribution < -0.4 is 4.74 Å². The van der Waals surface area contributed by atoms with Gasteiger partial charge in [-0.2, -0.15) is 5.10 Å². The summed E-state index contributed by atoms with van der Waals surface area (Å²) in [5.74, 6) is 0.745. The van der Waals surface area contributed by atoms with Gasteiger partial charge in [0.05, 0.1) is 7.11 Å². The average molecular weight is 356 g/mol. The van der Waals surface area contributed by atoms with E-state index < -0.39 is 0 Å². The fourth-order valence-electron chi connectivity index (χ4n) is 3.09. The summed E-state index contributed by atoms with van der Waals surface area (Å²) in [4.78, 5) is 28.6. The van der Waals surface area contributed by atoms with Gasteiger partial charge in [-0.25, -0.2) is 0 Å². The lowest BCUT2D eigenvalue weighted by Crippen LogP contribution is -2.50. The van der Waals surface area contributed by atoms with Gasteiger partial charge in [-0.15, -0.1) is 0 Å². The fourth-order valence-corrected chi connectivity index (χ4v) is 3.09. The van der Waals surface area contributed by atoms with E-state index in [0.29, 0.717) is 50.5 Å². The molecule has 0 aliphatic carbocycles. The van der Waals surface area contributed by atoms with Crippen molar-refractivity contribution in [2.24, 2.45) is 0 Å². The molecule has 1 aromatic carbocycles. The van der Waals surface area contributed by atoms with Crippen molar-refractivity contribution in [1.82, 2.24) is 19.6 Å². The number of nitrogens with zero attached hydrogens (tertiary/aromatic N) is 4. The number of carbonyl (C=O) groups is 2. The van der Waals surface area contributed by atoms with Crippen LogP contribution in [0.2, 0.25) is 0 Å². The van der Waals surface area contributed by atoms with E-state index in [0.717, 1.165) is 5.69 Å². The molecule has 2 heterocycles. The van der Waals surface area contributed by atoms with Gasteiger partial charge in [0.2, 0.25) is 5.91 Å². The summed E-state index contributed by atoms with van der Waals surface area (Å²) in [5, 5.41) is 4.20. The van der Waals surface area contributed by atoms with E-state index >= 15 is 0 Å². The molecule has 26 heavy (non-hydrogen) atoms. The van der Waals surface area contributed by atoms with E-state index in [1.165, 1.54) is 0 Å². The number of hydrogen-bond donors (Lipinski definition) is 0. The smallest absolute Gasteiger partial charge is 0.254 e. The van der Waals surface area contributed by atoms with E-state index in [2.05, 4.69) is 5.10 Å². The van der Waals surface area contributed by atoms with Gasteiger partial charge in [-0.3, -0.25) is 14.3 Å². The Morgan fingerprint density at radius 3 is 2.50 bits per heavy atom. The second kappa shape index (κ2) is 8.03. The summed E-state index contributed by atoms with van der Waals surface area (Å²) in [6, 6.07) is 9.08. The monoisotopic (exact) mass is 356 g/mol. The Labute approximate surface area is 153 Å². The maximum absolute atomic E-state index is 12.6. The number of ether oxygens (including phenoxy) is 1. The number of methoxy groups -OCH3 is 1. The average Bonchev–Trinajstić information content (AvgIpc) is 3.10. The van der Waals surface area contributed by atoms with Crippen molar-refractivity contribution < 1.29 is 14.3 Å². The number of aromatic nitrogens is 2.